The molecule has 3 aromatic rings. The van der Waals surface area contributed by atoms with Crippen LogP contribution in [0.2, 0.25) is 5.02 Å². The van der Waals surface area contributed by atoms with Crippen molar-refractivity contribution < 1.29 is 9.59 Å². The zero-order valence-corrected chi connectivity index (χ0v) is 15.4. The number of aryl methyl sites for hydroxylation is 1. The van der Waals surface area contributed by atoms with Crippen molar-refractivity contribution in [3.63, 3.8) is 0 Å². The molecule has 0 fully saturated rings. The molecule has 0 aliphatic heterocycles. The number of nitrogens with one attached hydrogen (secondary N) is 1. The van der Waals surface area contributed by atoms with Crippen molar-refractivity contribution in [2.24, 2.45) is 0 Å². The monoisotopic (exact) mass is 418 g/mol. The van der Waals surface area contributed by atoms with Crippen LogP contribution in [0.3, 0.4) is 0 Å². The predicted octanol–water partition coefficient (Wildman–Crippen LogP) is 4.06. The fraction of sp³-hybridized carbons (Fsp3) is 0.0588. The van der Waals surface area contributed by atoms with E-state index in [2.05, 4.69) is 31.3 Å². The lowest BCUT2D eigenvalue weighted by molar-refractivity contribution is 0.101. The SMILES string of the molecule is Cc1cccc(C=O)c1NC(=O)c1cc(Br)nn1-c1ncccc1Cl. The molecule has 6 nitrogen and oxygen atoms in total. The van der Waals surface area contributed by atoms with E-state index in [1.54, 1.807) is 36.5 Å². The molecule has 2 heterocycles. The summed E-state index contributed by atoms with van der Waals surface area (Å²) in [4.78, 5) is 28.2. The van der Waals surface area contributed by atoms with Gasteiger partial charge in [0, 0.05) is 17.8 Å². The van der Waals surface area contributed by atoms with Gasteiger partial charge >= 0.3 is 0 Å². The second kappa shape index (κ2) is 7.16. The highest BCUT2D eigenvalue weighted by molar-refractivity contribution is 9.10. The summed E-state index contributed by atoms with van der Waals surface area (Å²) in [5.41, 5.74) is 1.86. The van der Waals surface area contributed by atoms with E-state index in [0.29, 0.717) is 33.0 Å². The van der Waals surface area contributed by atoms with Crippen molar-refractivity contribution in [3.05, 3.63) is 69.0 Å². The Morgan fingerprint density at radius 3 is 2.84 bits per heavy atom. The molecule has 0 spiro atoms. The number of carbonyl (C=O) groups is 2. The Hall–Kier alpha value is -2.51. The number of aldehydes is 1. The zero-order chi connectivity index (χ0) is 18.0. The normalized spacial score (nSPS) is 10.5. The van der Waals surface area contributed by atoms with Crippen LogP contribution in [0, 0.1) is 6.92 Å². The van der Waals surface area contributed by atoms with E-state index in [9.17, 15) is 9.59 Å². The number of carbonyl (C=O) groups excluding carboxylic acids is 2. The Morgan fingerprint density at radius 2 is 2.12 bits per heavy atom. The van der Waals surface area contributed by atoms with Gasteiger partial charge in [0.15, 0.2) is 12.1 Å². The third-order valence-electron chi connectivity index (χ3n) is 3.52. The molecule has 0 atom stereocenters. The van der Waals surface area contributed by atoms with Crippen LogP contribution in [-0.2, 0) is 0 Å². The van der Waals surface area contributed by atoms with Crippen LogP contribution in [0.25, 0.3) is 5.82 Å². The van der Waals surface area contributed by atoms with E-state index in [1.807, 2.05) is 13.0 Å². The highest BCUT2D eigenvalue weighted by atomic mass is 79.9. The average Bonchev–Trinajstić information content (AvgIpc) is 2.98. The van der Waals surface area contributed by atoms with Gasteiger partial charge in [0.25, 0.3) is 5.91 Å². The average molecular weight is 420 g/mol. The summed E-state index contributed by atoms with van der Waals surface area (Å²) in [5.74, 6) is -0.0993. The molecule has 3 rings (SSSR count). The van der Waals surface area contributed by atoms with Crippen LogP contribution < -0.4 is 5.32 Å². The number of nitrogens with zero attached hydrogens (tertiary/aromatic N) is 3. The van der Waals surface area contributed by atoms with Gasteiger partial charge in [0.1, 0.15) is 10.3 Å². The minimum absolute atomic E-state index is 0.229. The van der Waals surface area contributed by atoms with Gasteiger partial charge < -0.3 is 5.32 Å². The third kappa shape index (κ3) is 3.47. The standard InChI is InChI=1S/C17H12BrClN4O2/c1-10-4-2-5-11(9-24)15(10)21-17(25)13-8-14(18)22-23(13)16-12(19)6-3-7-20-16/h2-9H,1H3,(H,21,25). The third-order valence-corrected chi connectivity index (χ3v) is 4.20. The number of hydrogen-bond acceptors (Lipinski definition) is 4. The molecule has 0 saturated carbocycles. The summed E-state index contributed by atoms with van der Waals surface area (Å²) >= 11 is 9.42. The van der Waals surface area contributed by atoms with E-state index in [1.165, 1.54) is 4.68 Å². The number of halogens is 2. The first-order valence-electron chi connectivity index (χ1n) is 7.24. The largest absolute Gasteiger partial charge is 0.320 e. The Kier molecular flexibility index (Phi) is 4.96. The maximum Gasteiger partial charge on any atom is 0.274 e. The van der Waals surface area contributed by atoms with E-state index in [4.69, 9.17) is 11.6 Å². The number of aromatic nitrogens is 3. The summed E-state index contributed by atoms with van der Waals surface area (Å²) in [6.45, 7) is 1.81. The lowest BCUT2D eigenvalue weighted by Gasteiger charge is -2.12. The zero-order valence-electron chi connectivity index (χ0n) is 13.0. The van der Waals surface area contributed by atoms with E-state index >= 15 is 0 Å². The van der Waals surface area contributed by atoms with Crippen molar-refractivity contribution in [2.75, 3.05) is 5.32 Å². The molecule has 0 aliphatic carbocycles. The van der Waals surface area contributed by atoms with Crippen molar-refractivity contribution in [1.82, 2.24) is 14.8 Å². The molecule has 1 N–H and O–H groups in total. The van der Waals surface area contributed by atoms with Crippen LogP contribution in [0.4, 0.5) is 5.69 Å². The molecular formula is C17H12BrClN4O2. The minimum Gasteiger partial charge on any atom is -0.320 e. The lowest BCUT2D eigenvalue weighted by atomic mass is 10.1. The quantitative estimate of drug-likeness (QED) is 0.647. The van der Waals surface area contributed by atoms with E-state index in [0.717, 1.165) is 5.56 Å². The van der Waals surface area contributed by atoms with Gasteiger partial charge in [-0.05, 0) is 46.6 Å². The first kappa shape index (κ1) is 17.3. The van der Waals surface area contributed by atoms with Crippen LogP contribution in [-0.4, -0.2) is 27.0 Å². The highest BCUT2D eigenvalue weighted by Crippen LogP contribution is 2.24. The van der Waals surface area contributed by atoms with Crippen LogP contribution in [0.1, 0.15) is 26.4 Å². The first-order chi connectivity index (χ1) is 12.0. The Balaban J connectivity index is 2.03. The predicted molar refractivity (Wildman–Crippen MR) is 98.6 cm³/mol. The molecule has 0 aliphatic rings. The van der Waals surface area contributed by atoms with Crippen molar-refractivity contribution in [2.45, 2.75) is 6.92 Å². The lowest BCUT2D eigenvalue weighted by Crippen LogP contribution is -2.19. The summed E-state index contributed by atoms with van der Waals surface area (Å²) in [5, 5.41) is 7.35. The Bertz CT molecular complexity index is 971. The van der Waals surface area contributed by atoms with E-state index < -0.39 is 5.91 Å². The number of pyridine rings is 1. The number of hydrogen-bond donors (Lipinski definition) is 1. The molecular weight excluding hydrogens is 408 g/mol. The van der Waals surface area contributed by atoms with Crippen molar-refractivity contribution in [1.29, 1.82) is 0 Å². The maximum atomic E-state index is 12.8. The van der Waals surface area contributed by atoms with Crippen LogP contribution >= 0.6 is 27.5 Å². The summed E-state index contributed by atoms with van der Waals surface area (Å²) < 4.78 is 1.81. The molecule has 0 unspecified atom stereocenters. The van der Waals surface area contributed by atoms with Crippen molar-refractivity contribution in [3.8, 4) is 5.82 Å². The Morgan fingerprint density at radius 1 is 1.32 bits per heavy atom. The summed E-state index contributed by atoms with van der Waals surface area (Å²) in [6, 6.07) is 10.1. The number of rotatable bonds is 4. The number of anilines is 1. The van der Waals surface area contributed by atoms with Crippen LogP contribution in [0.15, 0.2) is 47.2 Å². The minimum atomic E-state index is -0.433. The van der Waals surface area contributed by atoms with Gasteiger partial charge in [-0.3, -0.25) is 9.59 Å². The van der Waals surface area contributed by atoms with Crippen LogP contribution in [0.5, 0.6) is 0 Å². The smallest absolute Gasteiger partial charge is 0.274 e. The first-order valence-corrected chi connectivity index (χ1v) is 8.41. The molecule has 8 heteroatoms. The maximum absolute atomic E-state index is 12.8. The fourth-order valence-electron chi connectivity index (χ4n) is 2.35. The van der Waals surface area contributed by atoms with Gasteiger partial charge in [0.05, 0.1) is 10.7 Å². The van der Waals surface area contributed by atoms with Gasteiger partial charge in [-0.25, -0.2) is 9.67 Å². The van der Waals surface area contributed by atoms with Gasteiger partial charge in [0.2, 0.25) is 0 Å². The molecule has 0 bridgehead atoms. The Labute approximate surface area is 157 Å². The second-order valence-electron chi connectivity index (χ2n) is 5.18. The van der Waals surface area contributed by atoms with E-state index in [-0.39, 0.29) is 5.69 Å². The van der Waals surface area contributed by atoms with Gasteiger partial charge in [-0.2, -0.15) is 5.10 Å². The molecule has 2 aromatic heterocycles. The number of amides is 1. The molecule has 1 amide bonds. The fourth-order valence-corrected chi connectivity index (χ4v) is 2.92. The van der Waals surface area contributed by atoms with Gasteiger partial charge in [-0.1, -0.05) is 23.7 Å². The molecule has 1 aromatic carbocycles. The molecule has 0 saturated heterocycles. The molecule has 126 valence electrons. The summed E-state index contributed by atoms with van der Waals surface area (Å²) in [7, 11) is 0. The topological polar surface area (TPSA) is 76.9 Å². The van der Waals surface area contributed by atoms with Crippen molar-refractivity contribution >= 4 is 45.4 Å². The molecule has 0 radical (unpaired) electrons. The number of para-hydroxylation sites is 1. The second-order valence-corrected chi connectivity index (χ2v) is 6.40. The van der Waals surface area contributed by atoms with Gasteiger partial charge in [-0.15, -0.1) is 0 Å². The highest BCUT2D eigenvalue weighted by Gasteiger charge is 2.20. The number of benzene rings is 1. The molecule has 25 heavy (non-hydrogen) atoms. The summed E-state index contributed by atoms with van der Waals surface area (Å²) in [6.07, 6.45) is 2.26.